The van der Waals surface area contributed by atoms with E-state index in [2.05, 4.69) is 236 Å². The van der Waals surface area contributed by atoms with E-state index in [9.17, 15) is 0 Å². The SMILES string of the molecule is Cc1ccc(N(c2ccccc2)c2ccc3c(ccc4c5cc6c(cc5sc34)B3c4cc5sc7c8ccc(N(c9ccccc9)c9ccc(C)cc9)cc8ccc7c5cc4Oc4cccc(c43)O6)c2)cc1. The first-order valence-corrected chi connectivity index (χ1v) is 25.8. The van der Waals surface area contributed by atoms with E-state index in [0.29, 0.717) is 0 Å². The Kier molecular flexibility index (Phi) is 8.89. The monoisotopic (exact) mass is 944 g/mol. The molecule has 71 heavy (non-hydrogen) atoms. The van der Waals surface area contributed by atoms with Crippen molar-refractivity contribution in [1.29, 1.82) is 0 Å². The Bertz CT molecular complexity index is 4050. The lowest BCUT2D eigenvalue weighted by Gasteiger charge is -2.33. The maximum Gasteiger partial charge on any atom is 0.260 e. The van der Waals surface area contributed by atoms with Gasteiger partial charge in [-0.3, -0.25) is 0 Å². The van der Waals surface area contributed by atoms with E-state index in [1.807, 2.05) is 22.7 Å². The Balaban J connectivity index is 0.844. The van der Waals surface area contributed by atoms with Gasteiger partial charge in [0.2, 0.25) is 0 Å². The number of ether oxygens (including phenoxy) is 2. The average molecular weight is 945 g/mol. The molecule has 0 atom stereocenters. The minimum atomic E-state index is -0.0481. The van der Waals surface area contributed by atoms with Gasteiger partial charge in [-0.2, -0.15) is 0 Å². The quantitative estimate of drug-likeness (QED) is 0.155. The Labute approximate surface area is 418 Å². The minimum absolute atomic E-state index is 0.0481. The summed E-state index contributed by atoms with van der Waals surface area (Å²) in [5.41, 5.74) is 12.7. The van der Waals surface area contributed by atoms with Crippen molar-refractivity contribution in [3.63, 3.8) is 0 Å². The highest BCUT2D eigenvalue weighted by Crippen LogP contribution is 2.47. The molecule has 11 aromatic carbocycles. The Morgan fingerprint density at radius 2 is 0.746 bits per heavy atom. The Morgan fingerprint density at radius 3 is 1.20 bits per heavy atom. The summed E-state index contributed by atoms with van der Waals surface area (Å²) in [6.07, 6.45) is 0. The van der Waals surface area contributed by atoms with Crippen LogP contribution in [0.3, 0.4) is 0 Å². The van der Waals surface area contributed by atoms with Gasteiger partial charge >= 0.3 is 0 Å². The van der Waals surface area contributed by atoms with Gasteiger partial charge in [-0.1, -0.05) is 114 Å². The first kappa shape index (κ1) is 40.5. The number of hydrogen-bond acceptors (Lipinski definition) is 6. The molecule has 0 bridgehead atoms. The third-order valence-electron chi connectivity index (χ3n) is 14.6. The van der Waals surface area contributed by atoms with Gasteiger partial charge < -0.3 is 19.3 Å². The van der Waals surface area contributed by atoms with E-state index >= 15 is 0 Å². The molecule has 0 saturated heterocycles. The standard InChI is InChI=1S/C64H41BN2O2S2/c1-38-16-22-44(23-17-38)66(42-10-5-3-6-11-42)46-26-30-48-40(32-46)20-28-50-52-34-58-54(36-60(52)70-63(48)50)65-55-37-61-53(35-59(55)69-57-15-9-14-56(68-58)62(57)65)51-29-21-41-33-47(27-31-49(41)64(51)71-61)67(43-12-7-4-8-13-43)45-24-18-39(2)19-25-45/h3-37H,1-2H3. The molecule has 7 heteroatoms. The predicted octanol–water partition coefficient (Wildman–Crippen LogP) is 17.0. The molecular formula is C64H41BN2O2S2. The van der Waals surface area contributed by atoms with Crippen molar-refractivity contribution in [1.82, 2.24) is 0 Å². The van der Waals surface area contributed by atoms with Gasteiger partial charge in [0.1, 0.15) is 23.0 Å². The molecule has 0 radical (unpaired) electrons. The van der Waals surface area contributed by atoms with E-state index in [1.54, 1.807) is 0 Å². The highest BCUT2D eigenvalue weighted by Gasteiger charge is 2.41. The second-order valence-corrected chi connectivity index (χ2v) is 21.1. The van der Waals surface area contributed by atoms with E-state index < -0.39 is 0 Å². The largest absolute Gasteiger partial charge is 0.458 e. The average Bonchev–Trinajstić information content (AvgIpc) is 3.97. The number of thiophene rings is 2. The lowest BCUT2D eigenvalue weighted by molar-refractivity contribution is 0.465. The number of anilines is 6. The molecule has 2 aliphatic heterocycles. The van der Waals surface area contributed by atoms with Gasteiger partial charge in [0.25, 0.3) is 6.71 Å². The Hall–Kier alpha value is -8.36. The van der Waals surface area contributed by atoms with Crippen LogP contribution in [-0.2, 0) is 0 Å². The molecule has 0 amide bonds. The number of aryl methyl sites for hydroxylation is 2. The second kappa shape index (κ2) is 15.6. The lowest BCUT2D eigenvalue weighted by Crippen LogP contribution is -2.57. The molecule has 0 spiro atoms. The van der Waals surface area contributed by atoms with Crippen molar-refractivity contribution in [2.24, 2.45) is 0 Å². The summed E-state index contributed by atoms with van der Waals surface area (Å²) >= 11 is 3.75. The molecule has 4 heterocycles. The fourth-order valence-electron chi connectivity index (χ4n) is 11.2. The highest BCUT2D eigenvalue weighted by atomic mass is 32.1. The van der Waals surface area contributed by atoms with Gasteiger partial charge in [-0.25, -0.2) is 0 Å². The molecule has 0 saturated carbocycles. The number of nitrogens with zero attached hydrogens (tertiary/aromatic N) is 2. The molecule has 2 aromatic heterocycles. The van der Waals surface area contributed by atoms with Crippen molar-refractivity contribution in [3.05, 3.63) is 223 Å². The number of hydrogen-bond donors (Lipinski definition) is 0. The highest BCUT2D eigenvalue weighted by molar-refractivity contribution is 7.27. The fraction of sp³-hybridized carbons (Fsp3) is 0.0312. The molecule has 0 fully saturated rings. The van der Waals surface area contributed by atoms with Crippen LogP contribution in [0.4, 0.5) is 34.1 Å². The summed E-state index contributed by atoms with van der Waals surface area (Å²) in [4.78, 5) is 4.68. The van der Waals surface area contributed by atoms with Crippen LogP contribution in [0, 0.1) is 13.8 Å². The molecular weight excluding hydrogens is 904 g/mol. The van der Waals surface area contributed by atoms with Crippen molar-refractivity contribution in [3.8, 4) is 23.0 Å². The first-order chi connectivity index (χ1) is 35.0. The fourth-order valence-corrected chi connectivity index (χ4v) is 13.8. The summed E-state index contributed by atoms with van der Waals surface area (Å²) in [5, 5.41) is 9.85. The molecule has 4 nitrogen and oxygen atoms in total. The maximum absolute atomic E-state index is 6.88. The van der Waals surface area contributed by atoms with Crippen molar-refractivity contribution in [2.75, 3.05) is 9.80 Å². The Morgan fingerprint density at radius 1 is 0.338 bits per heavy atom. The summed E-state index contributed by atoms with van der Waals surface area (Å²) < 4.78 is 18.8. The predicted molar refractivity (Wildman–Crippen MR) is 304 cm³/mol. The van der Waals surface area contributed by atoms with Crippen LogP contribution >= 0.6 is 22.7 Å². The van der Waals surface area contributed by atoms with Gasteiger partial charge in [-0.15, -0.1) is 22.7 Å². The van der Waals surface area contributed by atoms with E-state index in [-0.39, 0.29) is 6.71 Å². The number of benzene rings is 11. The third kappa shape index (κ3) is 6.36. The van der Waals surface area contributed by atoms with Gasteiger partial charge in [0.15, 0.2) is 0 Å². The topological polar surface area (TPSA) is 24.9 Å². The van der Waals surface area contributed by atoms with Crippen LogP contribution in [0.1, 0.15) is 11.1 Å². The summed E-state index contributed by atoms with van der Waals surface area (Å²) in [7, 11) is 0. The lowest BCUT2D eigenvalue weighted by atomic mass is 9.35. The van der Waals surface area contributed by atoms with Gasteiger partial charge in [0.05, 0.1) is 0 Å². The number of rotatable bonds is 6. The summed E-state index contributed by atoms with van der Waals surface area (Å²) in [6.45, 7) is 4.22. The zero-order valence-corrected chi connectivity index (χ0v) is 40.4. The molecule has 13 aromatic rings. The maximum atomic E-state index is 6.88. The minimum Gasteiger partial charge on any atom is -0.458 e. The number of fused-ring (bicyclic) bond motifs is 14. The first-order valence-electron chi connectivity index (χ1n) is 24.2. The van der Waals surface area contributed by atoms with E-state index in [0.717, 1.165) is 62.6 Å². The van der Waals surface area contributed by atoms with Crippen LogP contribution in [0.25, 0.3) is 61.9 Å². The summed E-state index contributed by atoms with van der Waals surface area (Å²) in [6, 6.07) is 77.4. The van der Waals surface area contributed by atoms with Crippen LogP contribution in [0.5, 0.6) is 23.0 Å². The summed E-state index contributed by atoms with van der Waals surface area (Å²) in [5.74, 6) is 3.51. The van der Waals surface area contributed by atoms with Gasteiger partial charge in [0, 0.05) is 79.9 Å². The molecule has 0 aliphatic carbocycles. The van der Waals surface area contributed by atoms with E-state index in [4.69, 9.17) is 9.47 Å². The molecule has 334 valence electrons. The van der Waals surface area contributed by atoms with Crippen molar-refractivity contribution < 1.29 is 9.47 Å². The van der Waals surface area contributed by atoms with Crippen LogP contribution in [0.15, 0.2) is 212 Å². The van der Waals surface area contributed by atoms with Crippen molar-refractivity contribution >= 4 is 142 Å². The van der Waals surface area contributed by atoms with Crippen molar-refractivity contribution in [2.45, 2.75) is 13.8 Å². The van der Waals surface area contributed by atoms with E-state index in [1.165, 1.54) is 83.9 Å². The normalized spacial score (nSPS) is 12.6. The van der Waals surface area contributed by atoms with Crippen LogP contribution in [-0.4, -0.2) is 6.71 Å². The van der Waals surface area contributed by atoms with Crippen LogP contribution < -0.4 is 35.7 Å². The van der Waals surface area contributed by atoms with Crippen LogP contribution in [0.2, 0.25) is 0 Å². The number of para-hydroxylation sites is 2. The zero-order valence-electron chi connectivity index (χ0n) is 38.8. The second-order valence-electron chi connectivity index (χ2n) is 19.0. The zero-order chi connectivity index (χ0) is 46.9. The van der Waals surface area contributed by atoms with Gasteiger partial charge in [-0.05, 0) is 156 Å². The molecule has 15 rings (SSSR count). The molecule has 2 aliphatic rings. The molecule has 0 unspecified atom stereocenters. The third-order valence-corrected chi connectivity index (χ3v) is 17.0. The smallest absolute Gasteiger partial charge is 0.260 e. The molecule has 0 N–H and O–H groups in total.